The summed E-state index contributed by atoms with van der Waals surface area (Å²) in [5.41, 5.74) is -2.69. The SMILES string of the molecule is Cc1cc(F)c(-c2cc(C(F)F)on2)cc1SC(F)C(F)F. The number of hydrogen-bond donors (Lipinski definition) is 0. The molecular formula is C13H9F6NOS. The van der Waals surface area contributed by atoms with Crippen LogP contribution in [0.15, 0.2) is 27.6 Å². The molecule has 0 N–H and O–H groups in total. The van der Waals surface area contributed by atoms with Gasteiger partial charge >= 0.3 is 0 Å². The first-order chi connectivity index (χ1) is 10.3. The summed E-state index contributed by atoms with van der Waals surface area (Å²) < 4.78 is 80.8. The molecule has 1 aromatic heterocycles. The molecule has 1 heterocycles. The van der Waals surface area contributed by atoms with Crippen LogP contribution in [0.25, 0.3) is 11.3 Å². The molecule has 2 nitrogen and oxygen atoms in total. The molecule has 1 aromatic carbocycles. The maximum atomic E-state index is 13.9. The fourth-order valence-electron chi connectivity index (χ4n) is 1.67. The highest BCUT2D eigenvalue weighted by Gasteiger charge is 2.23. The minimum atomic E-state index is -3.20. The van der Waals surface area contributed by atoms with Crippen LogP contribution in [0, 0.1) is 12.7 Å². The van der Waals surface area contributed by atoms with E-state index in [1.165, 1.54) is 6.92 Å². The molecule has 22 heavy (non-hydrogen) atoms. The van der Waals surface area contributed by atoms with E-state index < -0.39 is 29.9 Å². The van der Waals surface area contributed by atoms with Crippen LogP contribution >= 0.6 is 11.8 Å². The molecule has 2 rings (SSSR count). The Morgan fingerprint density at radius 1 is 1.09 bits per heavy atom. The van der Waals surface area contributed by atoms with Crippen molar-refractivity contribution in [2.75, 3.05) is 0 Å². The van der Waals surface area contributed by atoms with Gasteiger partial charge in [0.05, 0.1) is 0 Å². The van der Waals surface area contributed by atoms with Gasteiger partial charge in [-0.05, 0) is 24.6 Å². The van der Waals surface area contributed by atoms with Gasteiger partial charge < -0.3 is 4.52 Å². The molecule has 1 atom stereocenters. The van der Waals surface area contributed by atoms with Gasteiger partial charge in [-0.1, -0.05) is 16.9 Å². The topological polar surface area (TPSA) is 26.0 Å². The second-order valence-corrected chi connectivity index (χ2v) is 5.44. The molecule has 0 aliphatic rings. The Kier molecular flexibility index (Phi) is 5.05. The van der Waals surface area contributed by atoms with Gasteiger partial charge in [-0.3, -0.25) is 0 Å². The third-order valence-electron chi connectivity index (χ3n) is 2.72. The largest absolute Gasteiger partial charge is 0.355 e. The van der Waals surface area contributed by atoms with Crippen LogP contribution in [0.3, 0.4) is 0 Å². The first-order valence-electron chi connectivity index (χ1n) is 5.93. The minimum absolute atomic E-state index is 0.0609. The van der Waals surface area contributed by atoms with E-state index in [1.807, 2.05) is 0 Å². The summed E-state index contributed by atoms with van der Waals surface area (Å²) in [6, 6.07) is 2.91. The summed E-state index contributed by atoms with van der Waals surface area (Å²) in [4.78, 5) is 0.0609. The number of rotatable bonds is 5. The quantitative estimate of drug-likeness (QED) is 0.539. The van der Waals surface area contributed by atoms with Crippen molar-refractivity contribution in [2.45, 2.75) is 30.2 Å². The van der Waals surface area contributed by atoms with E-state index in [1.54, 1.807) is 0 Å². The van der Waals surface area contributed by atoms with E-state index in [4.69, 9.17) is 0 Å². The van der Waals surface area contributed by atoms with Crippen molar-refractivity contribution in [1.82, 2.24) is 5.16 Å². The normalized spacial score (nSPS) is 13.1. The van der Waals surface area contributed by atoms with Crippen molar-refractivity contribution in [3.05, 3.63) is 35.3 Å². The molecular weight excluding hydrogens is 332 g/mol. The second-order valence-electron chi connectivity index (χ2n) is 4.32. The Balaban J connectivity index is 2.39. The maximum Gasteiger partial charge on any atom is 0.298 e. The zero-order valence-electron chi connectivity index (χ0n) is 11.0. The molecule has 0 aliphatic carbocycles. The predicted molar refractivity (Wildman–Crippen MR) is 68.3 cm³/mol. The molecule has 9 heteroatoms. The van der Waals surface area contributed by atoms with E-state index in [-0.39, 0.29) is 33.5 Å². The summed E-state index contributed by atoms with van der Waals surface area (Å²) >= 11 is 0.219. The number of aryl methyl sites for hydroxylation is 1. The molecule has 0 amide bonds. The lowest BCUT2D eigenvalue weighted by molar-refractivity contribution is 0.0953. The fraction of sp³-hybridized carbons (Fsp3) is 0.308. The standard InChI is InChI=1S/C13H9F6NOS/c1-5-2-7(14)6(3-10(5)22-13(19)12(17)18)8-4-9(11(15)16)21-20-8/h2-4,11-13H,1H3. The predicted octanol–water partition coefficient (Wildman–Crippen LogP) is 5.38. The second kappa shape index (κ2) is 6.64. The number of halogens is 6. The van der Waals surface area contributed by atoms with Gasteiger partial charge in [0.25, 0.3) is 12.9 Å². The Morgan fingerprint density at radius 3 is 2.32 bits per heavy atom. The van der Waals surface area contributed by atoms with Crippen LogP contribution in [0.2, 0.25) is 0 Å². The van der Waals surface area contributed by atoms with Gasteiger partial charge in [0.15, 0.2) is 0 Å². The van der Waals surface area contributed by atoms with Crippen LogP contribution in [0.5, 0.6) is 0 Å². The van der Waals surface area contributed by atoms with Gasteiger partial charge in [0, 0.05) is 16.5 Å². The van der Waals surface area contributed by atoms with Crippen molar-refractivity contribution < 1.29 is 30.9 Å². The molecule has 2 aromatic rings. The summed E-state index contributed by atoms with van der Waals surface area (Å²) in [6.45, 7) is 1.42. The molecule has 0 bridgehead atoms. The Morgan fingerprint density at radius 2 is 1.77 bits per heavy atom. The highest BCUT2D eigenvalue weighted by atomic mass is 32.2. The van der Waals surface area contributed by atoms with E-state index in [2.05, 4.69) is 9.68 Å². The van der Waals surface area contributed by atoms with Crippen LogP contribution in [0.4, 0.5) is 26.3 Å². The zero-order chi connectivity index (χ0) is 16.4. The van der Waals surface area contributed by atoms with Gasteiger partial charge in [0.1, 0.15) is 11.5 Å². The number of alkyl halides is 5. The number of aromatic nitrogens is 1. The van der Waals surface area contributed by atoms with Gasteiger partial charge in [0.2, 0.25) is 11.3 Å². The minimum Gasteiger partial charge on any atom is -0.355 e. The highest BCUT2D eigenvalue weighted by Crippen LogP contribution is 2.35. The highest BCUT2D eigenvalue weighted by molar-refractivity contribution is 7.99. The summed E-state index contributed by atoms with van der Waals surface area (Å²) in [6.07, 6.45) is -6.12. The van der Waals surface area contributed by atoms with E-state index in [9.17, 15) is 26.3 Å². The molecule has 0 fully saturated rings. The monoisotopic (exact) mass is 341 g/mol. The van der Waals surface area contributed by atoms with E-state index in [0.717, 1.165) is 18.2 Å². The van der Waals surface area contributed by atoms with Crippen LogP contribution < -0.4 is 0 Å². The molecule has 0 saturated carbocycles. The summed E-state index contributed by atoms with van der Waals surface area (Å²) in [5, 5.41) is 3.31. The van der Waals surface area contributed by atoms with Crippen LogP contribution in [0.1, 0.15) is 17.7 Å². The van der Waals surface area contributed by atoms with Gasteiger partial charge in [-0.15, -0.1) is 0 Å². The van der Waals surface area contributed by atoms with Crippen LogP contribution in [-0.2, 0) is 0 Å². The van der Waals surface area contributed by atoms with E-state index in [0.29, 0.717) is 0 Å². The number of thioether (sulfide) groups is 1. The lowest BCUT2D eigenvalue weighted by atomic mass is 10.1. The number of benzene rings is 1. The van der Waals surface area contributed by atoms with Crippen molar-refractivity contribution >= 4 is 11.8 Å². The lowest BCUT2D eigenvalue weighted by Gasteiger charge is -2.11. The van der Waals surface area contributed by atoms with Gasteiger partial charge in [-0.25, -0.2) is 26.3 Å². The van der Waals surface area contributed by atoms with Gasteiger partial charge in [-0.2, -0.15) is 0 Å². The average Bonchev–Trinajstić information content (AvgIpc) is 2.91. The molecule has 1 unspecified atom stereocenters. The first kappa shape index (κ1) is 16.7. The van der Waals surface area contributed by atoms with Crippen molar-refractivity contribution in [1.29, 1.82) is 0 Å². The summed E-state index contributed by atoms with van der Waals surface area (Å²) in [7, 11) is 0. The Hall–Kier alpha value is -1.64. The third-order valence-corrected chi connectivity index (χ3v) is 3.85. The van der Waals surface area contributed by atoms with Crippen LogP contribution in [-0.4, -0.2) is 17.1 Å². The summed E-state index contributed by atoms with van der Waals surface area (Å²) in [5.74, 6) is -1.55. The van der Waals surface area contributed by atoms with Crippen molar-refractivity contribution in [3.8, 4) is 11.3 Å². The van der Waals surface area contributed by atoms with Crippen molar-refractivity contribution in [3.63, 3.8) is 0 Å². The number of nitrogens with zero attached hydrogens (tertiary/aromatic N) is 1. The lowest BCUT2D eigenvalue weighted by Crippen LogP contribution is -2.07. The Labute approximate surface area is 125 Å². The number of hydrogen-bond acceptors (Lipinski definition) is 3. The Bertz CT molecular complexity index is 660. The third kappa shape index (κ3) is 3.57. The molecule has 0 spiro atoms. The fourth-order valence-corrected chi connectivity index (χ4v) is 2.44. The zero-order valence-corrected chi connectivity index (χ0v) is 11.8. The molecule has 120 valence electrons. The maximum absolute atomic E-state index is 13.9. The van der Waals surface area contributed by atoms with Crippen molar-refractivity contribution in [2.24, 2.45) is 0 Å². The molecule has 0 radical (unpaired) electrons. The average molecular weight is 341 g/mol. The smallest absolute Gasteiger partial charge is 0.298 e. The van der Waals surface area contributed by atoms with E-state index >= 15 is 0 Å². The molecule has 0 aliphatic heterocycles. The first-order valence-corrected chi connectivity index (χ1v) is 6.81. The molecule has 0 saturated heterocycles.